The molecule has 110 valence electrons. The second-order valence-corrected chi connectivity index (χ2v) is 5.06. The second-order valence-electron chi connectivity index (χ2n) is 5.06. The zero-order valence-electron chi connectivity index (χ0n) is 12.4. The molecule has 0 aliphatic carbocycles. The minimum Gasteiger partial charge on any atom is -0.310 e. The van der Waals surface area contributed by atoms with Gasteiger partial charge in [-0.2, -0.15) is 0 Å². The molecule has 2 aromatic carbocycles. The van der Waals surface area contributed by atoms with Crippen molar-refractivity contribution in [1.29, 1.82) is 0 Å². The number of nitrogens with one attached hydrogen (secondary N) is 1. The summed E-state index contributed by atoms with van der Waals surface area (Å²) in [6, 6.07) is 15.2. The Labute approximate surface area is 125 Å². The average molecular weight is 284 g/mol. The van der Waals surface area contributed by atoms with Crippen LogP contribution in [0.2, 0.25) is 0 Å². The van der Waals surface area contributed by atoms with Crippen molar-refractivity contribution in [3.8, 4) is 0 Å². The molecule has 0 aliphatic rings. The molecule has 1 atom stereocenters. The number of benzene rings is 2. The quantitative estimate of drug-likeness (QED) is 0.648. The van der Waals surface area contributed by atoms with Crippen LogP contribution in [0.4, 0.5) is 5.69 Å². The highest BCUT2D eigenvalue weighted by atomic mass is 16.6. The van der Waals surface area contributed by atoms with Gasteiger partial charge in [0.2, 0.25) is 0 Å². The second kappa shape index (κ2) is 6.99. The summed E-state index contributed by atoms with van der Waals surface area (Å²) in [4.78, 5) is 10.8. The maximum atomic E-state index is 11.1. The molecule has 0 aromatic heterocycles. The molecule has 2 aromatic rings. The highest BCUT2D eigenvalue weighted by Gasteiger charge is 2.19. The molecule has 0 bridgehead atoms. The SMILES string of the molecule is CCNC(Cc1ccccc1[N+](=O)[O-])c1ccccc1C. The number of nitro groups is 1. The summed E-state index contributed by atoms with van der Waals surface area (Å²) in [6.07, 6.45) is 0.607. The Morgan fingerprint density at radius 2 is 1.81 bits per heavy atom. The van der Waals surface area contributed by atoms with Crippen LogP contribution in [0.15, 0.2) is 48.5 Å². The lowest BCUT2D eigenvalue weighted by atomic mass is 9.94. The fourth-order valence-electron chi connectivity index (χ4n) is 2.60. The van der Waals surface area contributed by atoms with Gasteiger partial charge in [0.25, 0.3) is 5.69 Å². The predicted molar refractivity (Wildman–Crippen MR) is 84.4 cm³/mol. The zero-order valence-corrected chi connectivity index (χ0v) is 12.4. The van der Waals surface area contributed by atoms with Gasteiger partial charge in [0, 0.05) is 17.7 Å². The Morgan fingerprint density at radius 3 is 2.48 bits per heavy atom. The van der Waals surface area contributed by atoms with Crippen LogP contribution in [0.3, 0.4) is 0 Å². The molecule has 4 nitrogen and oxygen atoms in total. The first-order chi connectivity index (χ1) is 10.1. The van der Waals surface area contributed by atoms with E-state index in [9.17, 15) is 10.1 Å². The Hall–Kier alpha value is -2.20. The fraction of sp³-hybridized carbons (Fsp3) is 0.294. The number of aryl methyl sites for hydroxylation is 1. The standard InChI is InChI=1S/C17H20N2O2/c1-3-18-16(15-10-6-4-8-13(15)2)12-14-9-5-7-11-17(14)19(20)21/h4-11,16,18H,3,12H2,1-2H3. The van der Waals surface area contributed by atoms with Crippen LogP contribution in [-0.2, 0) is 6.42 Å². The van der Waals surface area contributed by atoms with Crippen LogP contribution in [0.1, 0.15) is 29.7 Å². The summed E-state index contributed by atoms with van der Waals surface area (Å²) in [5.41, 5.74) is 3.34. The first-order valence-electron chi connectivity index (χ1n) is 7.14. The maximum absolute atomic E-state index is 11.1. The van der Waals surface area contributed by atoms with Gasteiger partial charge < -0.3 is 5.32 Å². The molecule has 0 saturated carbocycles. The summed E-state index contributed by atoms with van der Waals surface area (Å²) < 4.78 is 0. The number of nitro benzene ring substituents is 1. The molecule has 1 unspecified atom stereocenters. The van der Waals surface area contributed by atoms with E-state index in [4.69, 9.17) is 0 Å². The third-order valence-corrected chi connectivity index (χ3v) is 3.63. The van der Waals surface area contributed by atoms with Crippen LogP contribution < -0.4 is 5.32 Å². The van der Waals surface area contributed by atoms with Gasteiger partial charge in [0.1, 0.15) is 0 Å². The zero-order chi connectivity index (χ0) is 15.2. The molecule has 0 saturated heterocycles. The van der Waals surface area contributed by atoms with Gasteiger partial charge in [-0.15, -0.1) is 0 Å². The van der Waals surface area contributed by atoms with Gasteiger partial charge in [-0.1, -0.05) is 49.4 Å². The van der Waals surface area contributed by atoms with Crippen LogP contribution in [0.5, 0.6) is 0 Å². The number of rotatable bonds is 6. The molecule has 1 N–H and O–H groups in total. The van der Waals surface area contributed by atoms with Crippen LogP contribution in [0.25, 0.3) is 0 Å². The normalized spacial score (nSPS) is 12.1. The molecule has 0 spiro atoms. The summed E-state index contributed by atoms with van der Waals surface area (Å²) in [7, 11) is 0. The van der Waals surface area contributed by atoms with Crippen molar-refractivity contribution in [1.82, 2.24) is 5.32 Å². The summed E-state index contributed by atoms with van der Waals surface area (Å²) >= 11 is 0. The van der Waals surface area contributed by atoms with Gasteiger partial charge in [0.05, 0.1) is 4.92 Å². The van der Waals surface area contributed by atoms with Crippen molar-refractivity contribution >= 4 is 5.69 Å². The number of hydrogen-bond donors (Lipinski definition) is 1. The lowest BCUT2D eigenvalue weighted by Gasteiger charge is -2.20. The third kappa shape index (κ3) is 3.67. The third-order valence-electron chi connectivity index (χ3n) is 3.63. The van der Waals surface area contributed by atoms with Crippen molar-refractivity contribution < 1.29 is 4.92 Å². The molecule has 4 heteroatoms. The first-order valence-corrected chi connectivity index (χ1v) is 7.14. The van der Waals surface area contributed by atoms with Crippen molar-refractivity contribution in [2.75, 3.05) is 6.54 Å². The van der Waals surface area contributed by atoms with E-state index in [-0.39, 0.29) is 16.7 Å². The van der Waals surface area contributed by atoms with Gasteiger partial charge >= 0.3 is 0 Å². The van der Waals surface area contributed by atoms with E-state index in [0.29, 0.717) is 6.42 Å². The molecule has 0 amide bonds. The average Bonchev–Trinajstić information content (AvgIpc) is 2.48. The number of para-hydroxylation sites is 1. The van der Waals surface area contributed by atoms with E-state index >= 15 is 0 Å². The van der Waals surface area contributed by atoms with Crippen molar-refractivity contribution in [3.63, 3.8) is 0 Å². The number of nitrogens with zero attached hydrogens (tertiary/aromatic N) is 1. The van der Waals surface area contributed by atoms with E-state index in [2.05, 4.69) is 24.4 Å². The molecule has 0 fully saturated rings. The number of likely N-dealkylation sites (N-methyl/N-ethyl adjacent to an activating group) is 1. The Kier molecular flexibility index (Phi) is 5.06. The smallest absolute Gasteiger partial charge is 0.272 e. The Bertz CT molecular complexity index is 626. The maximum Gasteiger partial charge on any atom is 0.272 e. The lowest BCUT2D eigenvalue weighted by molar-refractivity contribution is -0.385. The van der Waals surface area contributed by atoms with Gasteiger partial charge in [0.15, 0.2) is 0 Å². The molecule has 2 rings (SSSR count). The van der Waals surface area contributed by atoms with Crippen molar-refractivity contribution in [2.24, 2.45) is 0 Å². The summed E-state index contributed by atoms with van der Waals surface area (Å²) in [5.74, 6) is 0. The Morgan fingerprint density at radius 1 is 1.14 bits per heavy atom. The summed E-state index contributed by atoms with van der Waals surface area (Å²) in [5, 5.41) is 14.6. The van der Waals surface area contributed by atoms with Crippen LogP contribution in [0, 0.1) is 17.0 Å². The topological polar surface area (TPSA) is 55.2 Å². The first kappa shape index (κ1) is 15.2. The minimum atomic E-state index is -0.309. The van der Waals surface area contributed by atoms with Gasteiger partial charge in [-0.25, -0.2) is 0 Å². The van der Waals surface area contributed by atoms with Gasteiger partial charge in [-0.3, -0.25) is 10.1 Å². The van der Waals surface area contributed by atoms with E-state index < -0.39 is 0 Å². The molecule has 0 aliphatic heterocycles. The fourth-order valence-corrected chi connectivity index (χ4v) is 2.60. The minimum absolute atomic E-state index is 0.0808. The van der Waals surface area contributed by atoms with E-state index in [1.54, 1.807) is 12.1 Å². The van der Waals surface area contributed by atoms with Crippen LogP contribution >= 0.6 is 0 Å². The van der Waals surface area contributed by atoms with Gasteiger partial charge in [-0.05, 0) is 31.0 Å². The van der Waals surface area contributed by atoms with Crippen molar-refractivity contribution in [3.05, 3.63) is 75.3 Å². The molecular formula is C17H20N2O2. The summed E-state index contributed by atoms with van der Waals surface area (Å²) in [6.45, 7) is 4.93. The highest BCUT2D eigenvalue weighted by molar-refractivity contribution is 5.41. The largest absolute Gasteiger partial charge is 0.310 e. The van der Waals surface area contributed by atoms with Crippen molar-refractivity contribution in [2.45, 2.75) is 26.3 Å². The monoisotopic (exact) mass is 284 g/mol. The molecule has 0 radical (unpaired) electrons. The Balaban J connectivity index is 2.33. The van der Waals surface area contributed by atoms with Crippen LogP contribution in [-0.4, -0.2) is 11.5 Å². The van der Waals surface area contributed by atoms with E-state index in [1.165, 1.54) is 11.1 Å². The lowest BCUT2D eigenvalue weighted by Crippen LogP contribution is -2.24. The molecular weight excluding hydrogens is 264 g/mol. The van der Waals surface area contributed by atoms with E-state index in [1.807, 2.05) is 31.2 Å². The predicted octanol–water partition coefficient (Wildman–Crippen LogP) is 3.80. The van der Waals surface area contributed by atoms with E-state index in [0.717, 1.165) is 12.1 Å². The number of hydrogen-bond acceptors (Lipinski definition) is 3. The molecule has 21 heavy (non-hydrogen) atoms. The highest BCUT2D eigenvalue weighted by Crippen LogP contribution is 2.26. The molecule has 0 heterocycles.